The molecule has 0 spiro atoms. The van der Waals surface area contributed by atoms with Crippen molar-refractivity contribution in [2.24, 2.45) is 0 Å². The van der Waals surface area contributed by atoms with Gasteiger partial charge in [0.15, 0.2) is 0 Å². The molecule has 0 aliphatic heterocycles. The first kappa shape index (κ1) is 14.5. The minimum absolute atomic E-state index is 0.336. The summed E-state index contributed by atoms with van der Waals surface area (Å²) in [6.45, 7) is 9.51. The maximum Gasteiger partial charge on any atom is 0.222 e. The molecule has 2 nitrogen and oxygen atoms in total. The lowest BCUT2D eigenvalue weighted by molar-refractivity contribution is -0.133. The average Bonchev–Trinajstić information content (AvgIpc) is 2.23. The molecule has 0 aliphatic carbocycles. The molecule has 2 heteroatoms. The van der Waals surface area contributed by atoms with Crippen molar-refractivity contribution in [3.05, 3.63) is 0 Å². The third-order valence-electron chi connectivity index (χ3n) is 2.91. The number of nitrogens with zero attached hydrogens (tertiary/aromatic N) is 1. The first-order chi connectivity index (χ1) is 7.17. The lowest BCUT2D eigenvalue weighted by Crippen LogP contribution is -2.38. The van der Waals surface area contributed by atoms with Gasteiger partial charge in [-0.25, -0.2) is 0 Å². The van der Waals surface area contributed by atoms with Gasteiger partial charge in [0.1, 0.15) is 0 Å². The molecule has 0 saturated heterocycles. The minimum atomic E-state index is 0.336. The Morgan fingerprint density at radius 2 is 1.80 bits per heavy atom. The summed E-state index contributed by atoms with van der Waals surface area (Å²) in [5, 5.41) is 0. The molecular weight excluding hydrogens is 186 g/mol. The fraction of sp³-hybridized carbons (Fsp3) is 0.923. The Kier molecular flexibility index (Phi) is 8.44. The van der Waals surface area contributed by atoms with Gasteiger partial charge in [0.05, 0.1) is 0 Å². The largest absolute Gasteiger partial charge is 0.340 e. The van der Waals surface area contributed by atoms with Crippen molar-refractivity contribution in [3.8, 4) is 0 Å². The van der Waals surface area contributed by atoms with Crippen LogP contribution in [0.5, 0.6) is 0 Å². The Labute approximate surface area is 95.0 Å². The molecule has 15 heavy (non-hydrogen) atoms. The van der Waals surface area contributed by atoms with Gasteiger partial charge in [-0.2, -0.15) is 0 Å². The molecule has 0 aromatic heterocycles. The van der Waals surface area contributed by atoms with Gasteiger partial charge in [0, 0.05) is 19.0 Å². The van der Waals surface area contributed by atoms with E-state index in [0.29, 0.717) is 18.4 Å². The van der Waals surface area contributed by atoms with Gasteiger partial charge in [-0.3, -0.25) is 4.79 Å². The van der Waals surface area contributed by atoms with E-state index in [-0.39, 0.29) is 0 Å². The zero-order chi connectivity index (χ0) is 11.7. The summed E-state index contributed by atoms with van der Waals surface area (Å²) in [6, 6.07) is 0.404. The highest BCUT2D eigenvalue weighted by molar-refractivity contribution is 5.76. The van der Waals surface area contributed by atoms with Gasteiger partial charge in [-0.1, -0.05) is 33.6 Å². The summed E-state index contributed by atoms with van der Waals surface area (Å²) in [4.78, 5) is 13.9. The minimum Gasteiger partial charge on any atom is -0.340 e. The molecular formula is C13H27NO. The second-order valence-corrected chi connectivity index (χ2v) is 4.30. The maximum absolute atomic E-state index is 11.9. The molecule has 0 aliphatic rings. The highest BCUT2D eigenvalue weighted by Gasteiger charge is 2.16. The molecule has 0 radical (unpaired) electrons. The lowest BCUT2D eigenvalue weighted by Gasteiger charge is -2.28. The van der Waals surface area contributed by atoms with Crippen molar-refractivity contribution in [2.75, 3.05) is 6.54 Å². The van der Waals surface area contributed by atoms with Crippen LogP contribution in [0, 0.1) is 0 Å². The van der Waals surface area contributed by atoms with E-state index < -0.39 is 0 Å². The number of carbonyl (C=O) groups is 1. The zero-order valence-corrected chi connectivity index (χ0v) is 10.9. The standard InChI is InChI=1S/C13H27NO/c1-5-8-9-11-14(12(4)7-3)13(15)10-6-2/h12H,5-11H2,1-4H3. The predicted molar refractivity (Wildman–Crippen MR) is 65.9 cm³/mol. The molecule has 0 bridgehead atoms. The molecule has 1 unspecified atom stereocenters. The van der Waals surface area contributed by atoms with Gasteiger partial charge in [0.2, 0.25) is 5.91 Å². The molecule has 0 saturated carbocycles. The number of amides is 1. The normalized spacial score (nSPS) is 12.5. The van der Waals surface area contributed by atoms with E-state index >= 15 is 0 Å². The van der Waals surface area contributed by atoms with E-state index in [0.717, 1.165) is 25.8 Å². The van der Waals surface area contributed by atoms with E-state index in [9.17, 15) is 4.79 Å². The molecule has 0 rings (SSSR count). The Bertz CT molecular complexity index is 168. The number of rotatable bonds is 8. The number of unbranched alkanes of at least 4 members (excludes halogenated alkanes) is 2. The molecule has 1 amide bonds. The third kappa shape index (κ3) is 5.81. The van der Waals surface area contributed by atoms with E-state index in [1.54, 1.807) is 0 Å². The smallest absolute Gasteiger partial charge is 0.222 e. The zero-order valence-electron chi connectivity index (χ0n) is 10.9. The summed E-state index contributed by atoms with van der Waals surface area (Å²) in [6.07, 6.45) is 6.32. The number of hydrogen-bond donors (Lipinski definition) is 0. The first-order valence-corrected chi connectivity index (χ1v) is 6.46. The van der Waals surface area contributed by atoms with Crippen LogP contribution in [0.3, 0.4) is 0 Å². The SMILES string of the molecule is CCCCCN(C(=O)CCC)C(C)CC. The van der Waals surface area contributed by atoms with Crippen LogP contribution in [0.25, 0.3) is 0 Å². The quantitative estimate of drug-likeness (QED) is 0.564. The van der Waals surface area contributed by atoms with Crippen molar-refractivity contribution in [2.45, 2.75) is 72.3 Å². The van der Waals surface area contributed by atoms with Gasteiger partial charge in [-0.05, 0) is 26.2 Å². The Balaban J connectivity index is 4.11. The van der Waals surface area contributed by atoms with Crippen molar-refractivity contribution in [3.63, 3.8) is 0 Å². The molecule has 0 N–H and O–H groups in total. The van der Waals surface area contributed by atoms with Gasteiger partial charge in [-0.15, -0.1) is 0 Å². The highest BCUT2D eigenvalue weighted by Crippen LogP contribution is 2.09. The second kappa shape index (κ2) is 8.75. The first-order valence-electron chi connectivity index (χ1n) is 6.46. The second-order valence-electron chi connectivity index (χ2n) is 4.30. The van der Waals surface area contributed by atoms with Gasteiger partial charge >= 0.3 is 0 Å². The van der Waals surface area contributed by atoms with Crippen LogP contribution in [0.15, 0.2) is 0 Å². The Morgan fingerprint density at radius 3 is 2.27 bits per heavy atom. The molecule has 0 aromatic rings. The average molecular weight is 213 g/mol. The van der Waals surface area contributed by atoms with E-state index in [4.69, 9.17) is 0 Å². The van der Waals surface area contributed by atoms with Crippen molar-refractivity contribution >= 4 is 5.91 Å². The van der Waals surface area contributed by atoms with Crippen LogP contribution in [0.2, 0.25) is 0 Å². The van der Waals surface area contributed by atoms with Crippen LogP contribution in [0.4, 0.5) is 0 Å². The third-order valence-corrected chi connectivity index (χ3v) is 2.91. The summed E-state index contributed by atoms with van der Waals surface area (Å²) >= 11 is 0. The van der Waals surface area contributed by atoms with E-state index in [2.05, 4.69) is 32.6 Å². The number of carbonyl (C=O) groups excluding carboxylic acids is 1. The van der Waals surface area contributed by atoms with Crippen molar-refractivity contribution in [1.82, 2.24) is 4.90 Å². The monoisotopic (exact) mass is 213 g/mol. The summed E-state index contributed by atoms with van der Waals surface area (Å²) in [5.41, 5.74) is 0. The molecule has 0 aromatic carbocycles. The highest BCUT2D eigenvalue weighted by atomic mass is 16.2. The fourth-order valence-electron chi connectivity index (χ4n) is 1.70. The van der Waals surface area contributed by atoms with Gasteiger partial charge < -0.3 is 4.90 Å². The summed E-state index contributed by atoms with van der Waals surface area (Å²) in [7, 11) is 0. The van der Waals surface area contributed by atoms with Crippen LogP contribution >= 0.6 is 0 Å². The van der Waals surface area contributed by atoms with Gasteiger partial charge in [0.25, 0.3) is 0 Å². The number of hydrogen-bond acceptors (Lipinski definition) is 1. The van der Waals surface area contributed by atoms with E-state index in [1.165, 1.54) is 12.8 Å². The maximum atomic E-state index is 11.9. The topological polar surface area (TPSA) is 20.3 Å². The molecule has 0 fully saturated rings. The summed E-state index contributed by atoms with van der Waals surface area (Å²) in [5.74, 6) is 0.336. The predicted octanol–water partition coefficient (Wildman–Crippen LogP) is 3.60. The van der Waals surface area contributed by atoms with Crippen LogP contribution < -0.4 is 0 Å². The van der Waals surface area contributed by atoms with Crippen LogP contribution in [-0.4, -0.2) is 23.4 Å². The Hall–Kier alpha value is -0.530. The van der Waals surface area contributed by atoms with Crippen LogP contribution in [-0.2, 0) is 4.79 Å². The van der Waals surface area contributed by atoms with Crippen molar-refractivity contribution < 1.29 is 4.79 Å². The lowest BCUT2D eigenvalue weighted by atomic mass is 10.1. The van der Waals surface area contributed by atoms with Crippen LogP contribution in [0.1, 0.15) is 66.2 Å². The molecule has 1 atom stereocenters. The molecule has 0 heterocycles. The fourth-order valence-corrected chi connectivity index (χ4v) is 1.70. The Morgan fingerprint density at radius 1 is 1.13 bits per heavy atom. The molecule has 90 valence electrons. The van der Waals surface area contributed by atoms with Crippen molar-refractivity contribution in [1.29, 1.82) is 0 Å². The van der Waals surface area contributed by atoms with E-state index in [1.807, 2.05) is 0 Å². The summed E-state index contributed by atoms with van der Waals surface area (Å²) < 4.78 is 0.